The Kier molecular flexibility index (Phi) is 7.68. The fraction of sp³-hybridized carbons (Fsp3) is 0.407. The number of carbonyl (C=O) groups is 2. The zero-order chi connectivity index (χ0) is 26.6. The number of pyridine rings is 1. The summed E-state index contributed by atoms with van der Waals surface area (Å²) >= 11 is 1.28. The molecule has 2 N–H and O–H groups in total. The smallest absolute Gasteiger partial charge is 0.275 e. The van der Waals surface area contributed by atoms with E-state index in [-0.39, 0.29) is 17.5 Å². The summed E-state index contributed by atoms with van der Waals surface area (Å²) in [5.74, 6) is 0.286. The maximum atomic E-state index is 13.1. The summed E-state index contributed by atoms with van der Waals surface area (Å²) < 4.78 is 11.4. The number of fused-ring (bicyclic) bond motifs is 1. The Bertz CT molecular complexity index is 1340. The highest BCUT2D eigenvalue weighted by Gasteiger charge is 2.31. The number of aromatic nitrogens is 2. The van der Waals surface area contributed by atoms with Crippen molar-refractivity contribution in [2.45, 2.75) is 6.54 Å². The van der Waals surface area contributed by atoms with Crippen LogP contribution in [0.5, 0.6) is 5.75 Å². The molecular formula is C27H31N7O4S. The first-order valence-corrected chi connectivity index (χ1v) is 14.1. The Hall–Kier alpha value is -3.58. The molecule has 2 fully saturated rings. The second-order valence-corrected chi connectivity index (χ2v) is 10.4. The number of hydrogen-bond donors (Lipinski definition) is 2. The predicted octanol–water partition coefficient (Wildman–Crippen LogP) is 2.07. The first-order valence-electron chi connectivity index (χ1n) is 13.2. The van der Waals surface area contributed by atoms with Gasteiger partial charge >= 0.3 is 0 Å². The van der Waals surface area contributed by atoms with Crippen molar-refractivity contribution >= 4 is 39.7 Å². The topological polar surface area (TPSA) is 112 Å². The van der Waals surface area contributed by atoms with Crippen LogP contribution < -0.4 is 25.2 Å². The molecule has 12 heteroatoms. The SMILES string of the molecule is O=C(Nc1cnccc1N1CCNCC1)c1csc(N2Cc3cc(OCCN4CCOCC4)ccc3C2=O)n1. The summed E-state index contributed by atoms with van der Waals surface area (Å²) in [4.78, 5) is 41.1. The number of amides is 2. The van der Waals surface area contributed by atoms with Crippen molar-refractivity contribution in [1.29, 1.82) is 0 Å². The van der Waals surface area contributed by atoms with Crippen LogP contribution in [0.3, 0.4) is 0 Å². The van der Waals surface area contributed by atoms with Crippen LogP contribution in [-0.2, 0) is 11.3 Å². The number of carbonyl (C=O) groups excluding carboxylic acids is 2. The Labute approximate surface area is 230 Å². The molecule has 2 saturated heterocycles. The Morgan fingerprint density at radius 3 is 2.85 bits per heavy atom. The van der Waals surface area contributed by atoms with E-state index in [1.54, 1.807) is 22.7 Å². The van der Waals surface area contributed by atoms with Gasteiger partial charge < -0.3 is 25.0 Å². The van der Waals surface area contributed by atoms with Crippen LogP contribution in [0.1, 0.15) is 26.4 Å². The molecule has 204 valence electrons. The number of thiazole rings is 1. The summed E-state index contributed by atoms with van der Waals surface area (Å²) in [6.07, 6.45) is 3.38. The van der Waals surface area contributed by atoms with E-state index in [4.69, 9.17) is 9.47 Å². The van der Waals surface area contributed by atoms with Gasteiger partial charge in [-0.05, 0) is 29.8 Å². The van der Waals surface area contributed by atoms with Gasteiger partial charge in [0.15, 0.2) is 5.13 Å². The average molecular weight is 550 g/mol. The predicted molar refractivity (Wildman–Crippen MR) is 149 cm³/mol. The van der Waals surface area contributed by atoms with Gasteiger partial charge in [0.05, 0.1) is 37.3 Å². The van der Waals surface area contributed by atoms with Crippen LogP contribution in [0.25, 0.3) is 0 Å². The first kappa shape index (κ1) is 25.7. The molecule has 2 amide bonds. The van der Waals surface area contributed by atoms with Crippen LogP contribution >= 0.6 is 11.3 Å². The number of benzene rings is 1. The normalized spacial score (nSPS) is 17.8. The molecule has 3 aromatic rings. The molecule has 0 bridgehead atoms. The van der Waals surface area contributed by atoms with E-state index in [9.17, 15) is 9.59 Å². The first-order chi connectivity index (χ1) is 19.2. The molecule has 0 aliphatic carbocycles. The highest BCUT2D eigenvalue weighted by atomic mass is 32.1. The van der Waals surface area contributed by atoms with Crippen molar-refractivity contribution in [3.05, 3.63) is 58.9 Å². The molecule has 0 atom stereocenters. The third-order valence-electron chi connectivity index (χ3n) is 7.12. The number of nitrogens with one attached hydrogen (secondary N) is 2. The number of rotatable bonds is 8. The van der Waals surface area contributed by atoms with Gasteiger partial charge in [-0.25, -0.2) is 4.98 Å². The minimum absolute atomic E-state index is 0.126. The van der Waals surface area contributed by atoms with Crippen LogP contribution in [0, 0.1) is 0 Å². The van der Waals surface area contributed by atoms with Crippen molar-refractivity contribution in [2.75, 3.05) is 80.8 Å². The molecular weight excluding hydrogens is 518 g/mol. The molecule has 3 aliphatic heterocycles. The molecule has 1 aromatic carbocycles. The molecule has 39 heavy (non-hydrogen) atoms. The Balaban J connectivity index is 1.09. The third-order valence-corrected chi connectivity index (χ3v) is 7.98. The van der Waals surface area contributed by atoms with Crippen molar-refractivity contribution in [2.24, 2.45) is 0 Å². The van der Waals surface area contributed by atoms with E-state index >= 15 is 0 Å². The monoisotopic (exact) mass is 549 g/mol. The quantitative estimate of drug-likeness (QED) is 0.436. The molecule has 3 aliphatic rings. The minimum Gasteiger partial charge on any atom is -0.492 e. The van der Waals surface area contributed by atoms with Gasteiger partial charge in [0.2, 0.25) is 0 Å². The van der Waals surface area contributed by atoms with Gasteiger partial charge in [0.1, 0.15) is 18.1 Å². The standard InChI is InChI=1S/C27H31N7O4S/c35-25(30-22-16-29-4-3-24(22)33-7-5-28-6-8-33)23-18-39-27(31-23)34-17-19-15-20(1-2-21(19)26(34)36)38-14-11-32-9-12-37-13-10-32/h1-4,15-16,18,28H,5-14,17H2,(H,30,35). The van der Waals surface area contributed by atoms with E-state index < -0.39 is 0 Å². The molecule has 0 unspecified atom stereocenters. The number of piperazine rings is 1. The van der Waals surface area contributed by atoms with Gasteiger partial charge in [-0.1, -0.05) is 0 Å². The fourth-order valence-corrected chi connectivity index (χ4v) is 5.81. The summed E-state index contributed by atoms with van der Waals surface area (Å²) in [5, 5.41) is 8.47. The highest BCUT2D eigenvalue weighted by Crippen LogP contribution is 2.33. The molecule has 6 rings (SSSR count). The van der Waals surface area contributed by atoms with E-state index in [0.717, 1.165) is 76.0 Å². The van der Waals surface area contributed by atoms with Crippen molar-refractivity contribution in [3.63, 3.8) is 0 Å². The summed E-state index contributed by atoms with van der Waals surface area (Å²) in [5.41, 5.74) is 3.36. The maximum Gasteiger partial charge on any atom is 0.275 e. The summed E-state index contributed by atoms with van der Waals surface area (Å²) in [6.45, 7) is 8.65. The number of hydrogen-bond acceptors (Lipinski definition) is 10. The lowest BCUT2D eigenvalue weighted by molar-refractivity contribution is 0.0322. The fourth-order valence-electron chi connectivity index (χ4n) is 5.00. The van der Waals surface area contributed by atoms with E-state index in [1.807, 2.05) is 24.3 Å². The van der Waals surface area contributed by atoms with Crippen LogP contribution in [0.2, 0.25) is 0 Å². The second-order valence-electron chi connectivity index (χ2n) is 9.61. The molecule has 11 nitrogen and oxygen atoms in total. The van der Waals surface area contributed by atoms with E-state index in [2.05, 4.69) is 30.4 Å². The molecule has 0 radical (unpaired) electrons. The van der Waals surface area contributed by atoms with Gasteiger partial charge in [-0.3, -0.25) is 24.4 Å². The molecule has 2 aromatic heterocycles. The van der Waals surface area contributed by atoms with Crippen LogP contribution in [0.15, 0.2) is 42.0 Å². The van der Waals surface area contributed by atoms with Crippen molar-refractivity contribution in [1.82, 2.24) is 20.2 Å². The zero-order valence-electron chi connectivity index (χ0n) is 21.6. The van der Waals surface area contributed by atoms with Crippen LogP contribution in [0.4, 0.5) is 16.5 Å². The van der Waals surface area contributed by atoms with E-state index in [1.165, 1.54) is 11.3 Å². The van der Waals surface area contributed by atoms with Gasteiger partial charge in [0, 0.05) is 63.0 Å². The second kappa shape index (κ2) is 11.7. The lowest BCUT2D eigenvalue weighted by Crippen LogP contribution is -2.43. The van der Waals surface area contributed by atoms with Gasteiger partial charge in [-0.2, -0.15) is 0 Å². The maximum absolute atomic E-state index is 13.1. The Morgan fingerprint density at radius 2 is 2.00 bits per heavy atom. The summed E-state index contributed by atoms with van der Waals surface area (Å²) in [7, 11) is 0. The van der Waals surface area contributed by atoms with Crippen molar-refractivity contribution < 1.29 is 19.1 Å². The van der Waals surface area contributed by atoms with E-state index in [0.29, 0.717) is 29.5 Å². The lowest BCUT2D eigenvalue weighted by atomic mass is 10.1. The van der Waals surface area contributed by atoms with Gasteiger partial charge in [-0.15, -0.1) is 11.3 Å². The number of nitrogens with zero attached hydrogens (tertiary/aromatic N) is 5. The average Bonchev–Trinajstić information content (AvgIpc) is 3.59. The third kappa shape index (κ3) is 5.74. The lowest BCUT2D eigenvalue weighted by Gasteiger charge is -2.30. The summed E-state index contributed by atoms with van der Waals surface area (Å²) in [6, 6.07) is 7.48. The van der Waals surface area contributed by atoms with Crippen LogP contribution in [-0.4, -0.2) is 92.3 Å². The number of anilines is 3. The zero-order valence-corrected chi connectivity index (χ0v) is 22.4. The largest absolute Gasteiger partial charge is 0.492 e. The molecule has 5 heterocycles. The molecule has 0 saturated carbocycles. The Morgan fingerprint density at radius 1 is 1.15 bits per heavy atom. The molecule has 0 spiro atoms. The van der Waals surface area contributed by atoms with Crippen molar-refractivity contribution in [3.8, 4) is 5.75 Å². The number of ether oxygens (including phenoxy) is 2. The highest BCUT2D eigenvalue weighted by molar-refractivity contribution is 7.14. The number of morpholine rings is 1. The minimum atomic E-state index is -0.331. The van der Waals surface area contributed by atoms with Gasteiger partial charge in [0.25, 0.3) is 11.8 Å².